The Kier molecular flexibility index (Phi) is 17.2. The van der Waals surface area contributed by atoms with Gasteiger partial charge < -0.3 is 15.2 Å². The highest BCUT2D eigenvalue weighted by atomic mass is 127. The van der Waals surface area contributed by atoms with Crippen molar-refractivity contribution < 1.29 is 10.9 Å². The molecule has 0 aliphatic carbocycles. The molecule has 0 atom stereocenters. The second kappa shape index (κ2) is 13.9. The Morgan fingerprint density at radius 3 is 2.33 bits per heavy atom. The van der Waals surface area contributed by atoms with Crippen LogP contribution in [0.1, 0.15) is 8.35 Å². The zero-order chi connectivity index (χ0) is 8.36. The van der Waals surface area contributed by atoms with E-state index < -0.39 is 0 Å². The summed E-state index contributed by atoms with van der Waals surface area (Å²) in [7, 11) is 0. The molecule has 3 nitrogen and oxygen atoms in total. The van der Waals surface area contributed by atoms with Crippen molar-refractivity contribution in [3.63, 3.8) is 0 Å². The fraction of sp³-hybridized carbons (Fsp3) is 0.750. The molecule has 0 saturated heterocycles. The lowest BCUT2D eigenvalue weighted by molar-refractivity contribution is 0.164. The zero-order valence-electron chi connectivity index (χ0n) is 7.49. The van der Waals surface area contributed by atoms with Gasteiger partial charge in [0.05, 0.1) is 19.8 Å². The first-order valence-electron chi connectivity index (χ1n) is 3.92. The maximum atomic E-state index is 5.22. The van der Waals surface area contributed by atoms with E-state index in [0.717, 1.165) is 6.61 Å². The third-order valence-corrected chi connectivity index (χ3v) is 1.06. The molecule has 0 aromatic rings. The van der Waals surface area contributed by atoms with Crippen LogP contribution in [0.4, 0.5) is 0 Å². The van der Waals surface area contributed by atoms with Gasteiger partial charge in [-0.15, -0.1) is 24.0 Å². The summed E-state index contributed by atoms with van der Waals surface area (Å²) < 4.78 is 10.2. The summed E-state index contributed by atoms with van der Waals surface area (Å²) in [4.78, 5) is 0. The Morgan fingerprint density at radius 1 is 1.25 bits per heavy atom. The van der Waals surface area contributed by atoms with Crippen LogP contribution in [0, 0.1) is 0 Å². The van der Waals surface area contributed by atoms with Gasteiger partial charge >= 0.3 is 0 Å². The molecule has 76 valence electrons. The average molecular weight is 289 g/mol. The molecule has 0 amide bonds. The number of ether oxygens (including phenoxy) is 2. The fourth-order valence-corrected chi connectivity index (χ4v) is 0.557. The molecule has 0 aromatic heterocycles. The number of halogens is 1. The van der Waals surface area contributed by atoms with Crippen molar-refractivity contribution in [1.82, 2.24) is 0 Å². The normalized spacial score (nSPS) is 10.2. The molecule has 0 bridgehead atoms. The van der Waals surface area contributed by atoms with Gasteiger partial charge in [0, 0.05) is 14.6 Å². The molecule has 12 heavy (non-hydrogen) atoms. The van der Waals surface area contributed by atoms with Gasteiger partial charge in [-0.25, -0.2) is 0 Å². The minimum Gasteiger partial charge on any atom is -0.378 e. The van der Waals surface area contributed by atoms with Crippen LogP contribution in [-0.4, -0.2) is 33.0 Å². The molecule has 0 radical (unpaired) electrons. The van der Waals surface area contributed by atoms with E-state index in [-0.39, 0.29) is 25.4 Å². The Bertz CT molecular complexity index is 104. The van der Waals surface area contributed by atoms with Crippen molar-refractivity contribution in [3.05, 3.63) is 12.2 Å². The lowest BCUT2D eigenvalue weighted by atomic mass is 10.5. The van der Waals surface area contributed by atoms with Crippen LogP contribution >= 0.6 is 24.0 Å². The third kappa shape index (κ3) is 13.0. The largest absolute Gasteiger partial charge is 0.378 e. The average Bonchev–Trinajstić information content (AvgIpc) is 2.03. The molecule has 0 rings (SSSR count). The lowest BCUT2D eigenvalue weighted by Crippen LogP contribution is -2.08. The highest BCUT2D eigenvalue weighted by molar-refractivity contribution is 14.0. The van der Waals surface area contributed by atoms with Crippen LogP contribution < -0.4 is 5.73 Å². The van der Waals surface area contributed by atoms with Crippen LogP contribution in [0.5, 0.6) is 0 Å². The smallest absolute Gasteiger partial charge is 0.0648 e. The second-order valence-corrected chi connectivity index (χ2v) is 1.99. The molecule has 0 heterocycles. The van der Waals surface area contributed by atoms with E-state index in [2.05, 4.69) is 0 Å². The van der Waals surface area contributed by atoms with Gasteiger partial charge in [0.1, 0.15) is 0 Å². The van der Waals surface area contributed by atoms with E-state index in [1.807, 2.05) is 19.1 Å². The van der Waals surface area contributed by atoms with Gasteiger partial charge in [-0.3, -0.25) is 0 Å². The van der Waals surface area contributed by atoms with Crippen molar-refractivity contribution in [2.24, 2.45) is 5.73 Å². The topological polar surface area (TPSA) is 44.5 Å². The van der Waals surface area contributed by atoms with Gasteiger partial charge in [-0.1, -0.05) is 12.2 Å². The Balaban J connectivity index is -0.000000500. The highest BCUT2D eigenvalue weighted by Crippen LogP contribution is 1.79. The molecule has 0 unspecified atom stereocenters. The predicted octanol–water partition coefficient (Wildman–Crippen LogP) is 1.42. The first kappa shape index (κ1) is 14.9. The lowest BCUT2D eigenvalue weighted by Gasteiger charge is -1.96. The summed E-state index contributed by atoms with van der Waals surface area (Å²) in [6, 6.07) is 0. The van der Waals surface area contributed by atoms with Crippen molar-refractivity contribution in [3.8, 4) is 0 Å². The summed E-state index contributed by atoms with van der Waals surface area (Å²) in [5, 5.41) is 0. The minimum atomic E-state index is 0. The maximum Gasteiger partial charge on any atom is 0.0648 e. The van der Waals surface area contributed by atoms with E-state index in [4.69, 9.17) is 15.2 Å². The van der Waals surface area contributed by atoms with E-state index in [1.165, 1.54) is 0 Å². The standard InChI is InChI=1S/C8H17NO2.HI.H2/c1-2-10-6-3-4-7-11-8-5-9;;/h3-4H,2,5-9H2,1H3;2*1H/b4-3-;;. The van der Waals surface area contributed by atoms with Crippen LogP contribution in [0.3, 0.4) is 0 Å². The maximum absolute atomic E-state index is 5.22. The second-order valence-electron chi connectivity index (χ2n) is 1.99. The highest BCUT2D eigenvalue weighted by Gasteiger charge is 1.79. The summed E-state index contributed by atoms with van der Waals surface area (Å²) in [6.45, 7) is 5.23. The molecule has 2 N–H and O–H groups in total. The van der Waals surface area contributed by atoms with Gasteiger partial charge in [0.25, 0.3) is 0 Å². The molecule has 0 fully saturated rings. The Hall–Kier alpha value is 0.350. The summed E-state index contributed by atoms with van der Waals surface area (Å²) in [5.74, 6) is 0. The van der Waals surface area contributed by atoms with Crippen LogP contribution in [0.15, 0.2) is 12.2 Å². The van der Waals surface area contributed by atoms with Gasteiger partial charge in [-0.2, -0.15) is 0 Å². The van der Waals surface area contributed by atoms with Crippen molar-refractivity contribution in [1.29, 1.82) is 0 Å². The number of rotatable bonds is 7. The summed E-state index contributed by atoms with van der Waals surface area (Å²) in [6.07, 6.45) is 3.88. The van der Waals surface area contributed by atoms with E-state index >= 15 is 0 Å². The van der Waals surface area contributed by atoms with Crippen molar-refractivity contribution in [2.45, 2.75) is 6.92 Å². The first-order valence-corrected chi connectivity index (χ1v) is 3.92. The number of hydrogen-bond donors (Lipinski definition) is 1. The monoisotopic (exact) mass is 289 g/mol. The SMILES string of the molecule is CCOC/C=C\COCCN.I.[HH]. The van der Waals surface area contributed by atoms with Gasteiger partial charge in [0.15, 0.2) is 0 Å². The fourth-order valence-electron chi connectivity index (χ4n) is 0.557. The van der Waals surface area contributed by atoms with Crippen LogP contribution in [0.25, 0.3) is 0 Å². The van der Waals surface area contributed by atoms with E-state index in [1.54, 1.807) is 0 Å². The van der Waals surface area contributed by atoms with Crippen LogP contribution in [-0.2, 0) is 9.47 Å². The van der Waals surface area contributed by atoms with E-state index in [0.29, 0.717) is 26.4 Å². The molecule has 0 aliphatic heterocycles. The van der Waals surface area contributed by atoms with Crippen molar-refractivity contribution >= 4 is 24.0 Å². The molecular formula is C8H20INO2. The molecule has 0 aliphatic rings. The molecule has 0 aromatic carbocycles. The third-order valence-electron chi connectivity index (χ3n) is 1.06. The minimum absolute atomic E-state index is 0. The Morgan fingerprint density at radius 2 is 1.83 bits per heavy atom. The number of hydrogen-bond acceptors (Lipinski definition) is 3. The summed E-state index contributed by atoms with van der Waals surface area (Å²) >= 11 is 0. The summed E-state index contributed by atoms with van der Waals surface area (Å²) in [5.41, 5.74) is 5.22. The quantitative estimate of drug-likeness (QED) is 0.438. The predicted molar refractivity (Wildman–Crippen MR) is 63.0 cm³/mol. The molecular weight excluding hydrogens is 269 g/mol. The van der Waals surface area contributed by atoms with Crippen LogP contribution in [0.2, 0.25) is 0 Å². The molecule has 0 spiro atoms. The molecule has 4 heteroatoms. The van der Waals surface area contributed by atoms with Gasteiger partial charge in [0.2, 0.25) is 0 Å². The van der Waals surface area contributed by atoms with Crippen molar-refractivity contribution in [2.75, 3.05) is 33.0 Å². The first-order chi connectivity index (χ1) is 5.41. The zero-order valence-corrected chi connectivity index (χ0v) is 9.82. The Labute approximate surface area is 92.8 Å². The number of nitrogens with two attached hydrogens (primary N) is 1. The van der Waals surface area contributed by atoms with Gasteiger partial charge in [-0.05, 0) is 6.92 Å². The van der Waals surface area contributed by atoms with E-state index in [9.17, 15) is 0 Å². The molecule has 0 saturated carbocycles.